The molecule has 172 valence electrons. The molecule has 0 amide bonds. The molecule has 0 aromatic carbocycles. The molecule has 0 bridgehead atoms. The monoisotopic (exact) mass is 414 g/mol. The SMILES string of the molecule is CC[C@H](CC[C@@H](C)[C@H]1CC[C@H]2[C@@H]3CC=C4C[C@@H](O)CC[C@@]4(C)[C@H]3CC[C@]12C)C(C)C. The van der Waals surface area contributed by atoms with Gasteiger partial charge in [-0.3, -0.25) is 0 Å². The highest BCUT2D eigenvalue weighted by molar-refractivity contribution is 5.25. The highest BCUT2D eigenvalue weighted by Gasteiger charge is 2.59. The van der Waals surface area contributed by atoms with Crippen molar-refractivity contribution in [3.8, 4) is 0 Å². The second-order valence-corrected chi connectivity index (χ2v) is 12.9. The van der Waals surface area contributed by atoms with Crippen molar-refractivity contribution in [3.05, 3.63) is 11.6 Å². The van der Waals surface area contributed by atoms with Gasteiger partial charge in [-0.15, -0.1) is 0 Å². The third-order valence-corrected chi connectivity index (χ3v) is 11.3. The van der Waals surface area contributed by atoms with Crippen LogP contribution in [0.25, 0.3) is 0 Å². The summed E-state index contributed by atoms with van der Waals surface area (Å²) in [7, 11) is 0. The molecule has 1 N–H and O–H groups in total. The Morgan fingerprint density at radius 2 is 1.77 bits per heavy atom. The van der Waals surface area contributed by atoms with Crippen molar-refractivity contribution in [2.45, 2.75) is 118 Å². The van der Waals surface area contributed by atoms with Crippen LogP contribution in [0.3, 0.4) is 0 Å². The standard InChI is InChI=1S/C29H50O/c1-7-21(19(2)3)9-8-20(4)25-12-13-26-24-11-10-22-18-23(30)14-16-28(22,5)27(24)15-17-29(25,26)6/h10,19-21,23-27,30H,7-9,11-18H2,1-6H3/t20-,21-,23+,24+,25-,26+,27+,28-,29-/m1/s1. The lowest BCUT2D eigenvalue weighted by molar-refractivity contribution is -0.0575. The molecular weight excluding hydrogens is 364 g/mol. The van der Waals surface area contributed by atoms with Gasteiger partial charge in [0.25, 0.3) is 0 Å². The van der Waals surface area contributed by atoms with E-state index in [-0.39, 0.29) is 6.10 Å². The summed E-state index contributed by atoms with van der Waals surface area (Å²) < 4.78 is 0. The van der Waals surface area contributed by atoms with Gasteiger partial charge in [0.1, 0.15) is 0 Å². The van der Waals surface area contributed by atoms with Crippen molar-refractivity contribution in [2.75, 3.05) is 0 Å². The van der Waals surface area contributed by atoms with Gasteiger partial charge in [-0.1, -0.05) is 66.0 Å². The molecule has 1 nitrogen and oxygen atoms in total. The molecular formula is C29H50O. The Kier molecular flexibility index (Phi) is 6.53. The summed E-state index contributed by atoms with van der Waals surface area (Å²) in [6.45, 7) is 15.1. The smallest absolute Gasteiger partial charge is 0.0577 e. The molecule has 4 rings (SSSR count). The predicted molar refractivity (Wildman–Crippen MR) is 128 cm³/mol. The summed E-state index contributed by atoms with van der Waals surface area (Å²) in [5.74, 6) is 6.31. The maximum Gasteiger partial charge on any atom is 0.0577 e. The molecule has 30 heavy (non-hydrogen) atoms. The van der Waals surface area contributed by atoms with Crippen LogP contribution in [0.1, 0.15) is 112 Å². The molecule has 4 aliphatic rings. The minimum absolute atomic E-state index is 0.0794. The first kappa shape index (κ1) is 22.9. The number of hydrogen-bond donors (Lipinski definition) is 1. The Balaban J connectivity index is 1.47. The summed E-state index contributed by atoms with van der Waals surface area (Å²) in [4.78, 5) is 0. The number of hydrogen-bond acceptors (Lipinski definition) is 1. The van der Waals surface area contributed by atoms with Crippen LogP contribution in [0, 0.1) is 52.3 Å². The van der Waals surface area contributed by atoms with E-state index in [1.54, 1.807) is 5.57 Å². The highest BCUT2D eigenvalue weighted by Crippen LogP contribution is 2.67. The fraction of sp³-hybridized carbons (Fsp3) is 0.931. The molecule has 9 atom stereocenters. The van der Waals surface area contributed by atoms with E-state index in [9.17, 15) is 5.11 Å². The molecule has 3 fully saturated rings. The van der Waals surface area contributed by atoms with E-state index in [4.69, 9.17) is 0 Å². The number of aliphatic hydroxyl groups excluding tert-OH is 1. The summed E-state index contributed by atoms with van der Waals surface area (Å²) in [6.07, 6.45) is 17.1. The zero-order chi connectivity index (χ0) is 21.7. The maximum atomic E-state index is 10.2. The quantitative estimate of drug-likeness (QED) is 0.436. The molecule has 0 aromatic rings. The largest absolute Gasteiger partial charge is 0.393 e. The summed E-state index contributed by atoms with van der Waals surface area (Å²) >= 11 is 0. The van der Waals surface area contributed by atoms with Gasteiger partial charge in [-0.25, -0.2) is 0 Å². The van der Waals surface area contributed by atoms with Crippen LogP contribution < -0.4 is 0 Å². The molecule has 0 saturated heterocycles. The van der Waals surface area contributed by atoms with Crippen molar-refractivity contribution in [2.24, 2.45) is 52.3 Å². The first-order valence-electron chi connectivity index (χ1n) is 13.6. The molecule has 4 aliphatic carbocycles. The van der Waals surface area contributed by atoms with Crippen molar-refractivity contribution >= 4 is 0 Å². The summed E-state index contributed by atoms with van der Waals surface area (Å²) in [6, 6.07) is 0. The van der Waals surface area contributed by atoms with Crippen LogP contribution in [0.4, 0.5) is 0 Å². The fourth-order valence-electron chi connectivity index (χ4n) is 9.30. The van der Waals surface area contributed by atoms with E-state index in [2.05, 4.69) is 47.6 Å². The Labute approximate surface area is 187 Å². The van der Waals surface area contributed by atoms with Gasteiger partial charge in [0, 0.05) is 0 Å². The average Bonchev–Trinajstić information content (AvgIpc) is 3.06. The van der Waals surface area contributed by atoms with Crippen molar-refractivity contribution in [1.29, 1.82) is 0 Å². The molecule has 1 heteroatoms. The minimum atomic E-state index is -0.0794. The lowest BCUT2D eigenvalue weighted by Crippen LogP contribution is -2.50. The van der Waals surface area contributed by atoms with Crippen molar-refractivity contribution < 1.29 is 5.11 Å². The first-order chi connectivity index (χ1) is 14.2. The van der Waals surface area contributed by atoms with E-state index >= 15 is 0 Å². The molecule has 3 saturated carbocycles. The first-order valence-corrected chi connectivity index (χ1v) is 13.6. The third kappa shape index (κ3) is 3.74. The van der Waals surface area contributed by atoms with Crippen LogP contribution in [0.15, 0.2) is 11.6 Å². The van der Waals surface area contributed by atoms with Crippen molar-refractivity contribution in [1.82, 2.24) is 0 Å². The lowest BCUT2D eigenvalue weighted by atomic mass is 9.47. The van der Waals surface area contributed by atoms with Gasteiger partial charge in [-0.05, 0) is 110 Å². The molecule has 0 aliphatic heterocycles. The predicted octanol–water partition coefficient (Wildman–Crippen LogP) is 8.02. The Hall–Kier alpha value is -0.300. The zero-order valence-electron chi connectivity index (χ0n) is 20.9. The number of allylic oxidation sites excluding steroid dienone is 1. The topological polar surface area (TPSA) is 20.2 Å². The third-order valence-electron chi connectivity index (χ3n) is 11.3. The van der Waals surface area contributed by atoms with Gasteiger partial charge < -0.3 is 5.11 Å². The van der Waals surface area contributed by atoms with Crippen LogP contribution in [0.5, 0.6) is 0 Å². The number of rotatable bonds is 6. The number of fused-ring (bicyclic) bond motifs is 5. The van der Waals surface area contributed by atoms with E-state index in [1.807, 2.05) is 0 Å². The second kappa shape index (κ2) is 8.57. The Morgan fingerprint density at radius 1 is 1.00 bits per heavy atom. The normalized spacial score (nSPS) is 45.3. The molecule has 0 aromatic heterocycles. The van der Waals surface area contributed by atoms with Gasteiger partial charge in [0.15, 0.2) is 0 Å². The Morgan fingerprint density at radius 3 is 2.47 bits per heavy atom. The summed E-state index contributed by atoms with van der Waals surface area (Å²) in [5.41, 5.74) is 2.59. The second-order valence-electron chi connectivity index (χ2n) is 12.9. The van der Waals surface area contributed by atoms with Crippen LogP contribution in [-0.4, -0.2) is 11.2 Å². The fourth-order valence-corrected chi connectivity index (χ4v) is 9.30. The lowest BCUT2D eigenvalue weighted by Gasteiger charge is -2.58. The Bertz CT molecular complexity index is 634. The zero-order valence-corrected chi connectivity index (χ0v) is 20.9. The maximum absolute atomic E-state index is 10.2. The van der Waals surface area contributed by atoms with Crippen LogP contribution in [-0.2, 0) is 0 Å². The minimum Gasteiger partial charge on any atom is -0.393 e. The van der Waals surface area contributed by atoms with Gasteiger partial charge in [0.2, 0.25) is 0 Å². The number of aliphatic hydroxyl groups is 1. The van der Waals surface area contributed by atoms with Crippen LogP contribution >= 0.6 is 0 Å². The molecule has 0 spiro atoms. The van der Waals surface area contributed by atoms with Crippen molar-refractivity contribution in [3.63, 3.8) is 0 Å². The summed E-state index contributed by atoms with van der Waals surface area (Å²) in [5, 5.41) is 10.2. The average molecular weight is 415 g/mol. The molecule has 0 radical (unpaired) electrons. The van der Waals surface area contributed by atoms with Gasteiger partial charge in [-0.2, -0.15) is 0 Å². The van der Waals surface area contributed by atoms with E-state index in [1.165, 1.54) is 57.8 Å². The molecule has 0 unspecified atom stereocenters. The van der Waals surface area contributed by atoms with Gasteiger partial charge in [0.05, 0.1) is 6.10 Å². The highest BCUT2D eigenvalue weighted by atomic mass is 16.3. The van der Waals surface area contributed by atoms with E-state index < -0.39 is 0 Å². The van der Waals surface area contributed by atoms with Gasteiger partial charge >= 0.3 is 0 Å². The van der Waals surface area contributed by atoms with Crippen LogP contribution in [0.2, 0.25) is 0 Å². The van der Waals surface area contributed by atoms with E-state index in [0.717, 1.165) is 54.3 Å². The van der Waals surface area contributed by atoms with E-state index in [0.29, 0.717) is 10.8 Å². The molecule has 0 heterocycles.